The van der Waals surface area contributed by atoms with Gasteiger partial charge in [-0.3, -0.25) is 4.98 Å². The van der Waals surface area contributed by atoms with Crippen molar-refractivity contribution < 1.29 is 14.3 Å². The lowest BCUT2D eigenvalue weighted by Crippen LogP contribution is -2.35. The highest BCUT2D eigenvalue weighted by molar-refractivity contribution is 5.68. The molecule has 2 heterocycles. The van der Waals surface area contributed by atoms with E-state index in [1.807, 2.05) is 33.0 Å². The number of amides is 1. The Kier molecular flexibility index (Phi) is 4.16. The van der Waals surface area contributed by atoms with Gasteiger partial charge in [0.1, 0.15) is 11.4 Å². The van der Waals surface area contributed by atoms with E-state index in [2.05, 4.69) is 4.98 Å². The zero-order valence-electron chi connectivity index (χ0n) is 12.5. The third-order valence-electron chi connectivity index (χ3n) is 3.28. The first-order valence-electron chi connectivity index (χ1n) is 6.86. The zero-order chi connectivity index (χ0) is 14.8. The van der Waals surface area contributed by atoms with E-state index < -0.39 is 5.60 Å². The monoisotopic (exact) mass is 278 g/mol. The first kappa shape index (κ1) is 14.6. The highest BCUT2D eigenvalue weighted by Crippen LogP contribution is 2.29. The van der Waals surface area contributed by atoms with Crippen LogP contribution < -0.4 is 4.74 Å². The molecule has 0 N–H and O–H groups in total. The lowest BCUT2D eigenvalue weighted by molar-refractivity contribution is 0.0292. The molecule has 0 aromatic carbocycles. The molecule has 1 atom stereocenters. The van der Waals surface area contributed by atoms with E-state index >= 15 is 0 Å². The molecule has 1 aliphatic heterocycles. The van der Waals surface area contributed by atoms with Gasteiger partial charge in [0.15, 0.2) is 0 Å². The number of ether oxygens (including phenoxy) is 2. The van der Waals surface area contributed by atoms with Gasteiger partial charge in [-0.15, -0.1) is 0 Å². The number of carbonyl (C=O) groups is 1. The van der Waals surface area contributed by atoms with Gasteiger partial charge in [-0.05, 0) is 38.8 Å². The first-order valence-corrected chi connectivity index (χ1v) is 6.86. The lowest BCUT2D eigenvalue weighted by atomic mass is 10.0. The summed E-state index contributed by atoms with van der Waals surface area (Å²) >= 11 is 0. The van der Waals surface area contributed by atoms with E-state index in [9.17, 15) is 4.79 Å². The second kappa shape index (κ2) is 5.69. The number of methoxy groups -OCH3 is 1. The SMILES string of the molecule is COc1cncc(C2CCN(C(=O)OC(C)(C)C)C2)c1. The van der Waals surface area contributed by atoms with Crippen molar-refractivity contribution in [2.24, 2.45) is 0 Å². The van der Waals surface area contributed by atoms with Gasteiger partial charge < -0.3 is 14.4 Å². The maximum atomic E-state index is 12.0. The van der Waals surface area contributed by atoms with E-state index in [0.29, 0.717) is 12.5 Å². The lowest BCUT2D eigenvalue weighted by Gasteiger charge is -2.24. The number of pyridine rings is 1. The first-order chi connectivity index (χ1) is 9.39. The zero-order valence-corrected chi connectivity index (χ0v) is 12.5. The topological polar surface area (TPSA) is 51.7 Å². The van der Waals surface area contributed by atoms with Gasteiger partial charge >= 0.3 is 6.09 Å². The molecule has 110 valence electrons. The summed E-state index contributed by atoms with van der Waals surface area (Å²) in [6.45, 7) is 7.03. The Morgan fingerprint density at radius 3 is 2.80 bits per heavy atom. The van der Waals surface area contributed by atoms with Crippen LogP contribution in [-0.4, -0.2) is 41.8 Å². The van der Waals surface area contributed by atoms with Gasteiger partial charge in [-0.1, -0.05) is 0 Å². The van der Waals surface area contributed by atoms with Crippen LogP contribution in [0.3, 0.4) is 0 Å². The van der Waals surface area contributed by atoms with Crippen LogP contribution >= 0.6 is 0 Å². The average Bonchev–Trinajstić information content (AvgIpc) is 2.86. The standard InChI is InChI=1S/C15H22N2O3/c1-15(2,3)20-14(18)17-6-5-11(10-17)12-7-13(19-4)9-16-8-12/h7-9,11H,5-6,10H2,1-4H3. The van der Waals surface area contributed by atoms with Gasteiger partial charge in [0.2, 0.25) is 0 Å². The van der Waals surface area contributed by atoms with Gasteiger partial charge in [-0.25, -0.2) is 4.79 Å². The summed E-state index contributed by atoms with van der Waals surface area (Å²) in [6.07, 6.45) is 4.21. The Labute approximate surface area is 119 Å². The molecule has 0 radical (unpaired) electrons. The molecular weight excluding hydrogens is 256 g/mol. The van der Waals surface area contributed by atoms with Crippen LogP contribution in [0.2, 0.25) is 0 Å². The smallest absolute Gasteiger partial charge is 0.410 e. The molecule has 2 rings (SSSR count). The molecule has 1 amide bonds. The number of hydrogen-bond acceptors (Lipinski definition) is 4. The van der Waals surface area contributed by atoms with Crippen molar-refractivity contribution in [2.75, 3.05) is 20.2 Å². The molecule has 1 unspecified atom stereocenters. The minimum atomic E-state index is -0.452. The van der Waals surface area contributed by atoms with Crippen LogP contribution in [0.15, 0.2) is 18.5 Å². The van der Waals surface area contributed by atoms with E-state index in [0.717, 1.165) is 24.3 Å². The summed E-state index contributed by atoms with van der Waals surface area (Å²) in [5.74, 6) is 1.04. The van der Waals surface area contributed by atoms with Crippen molar-refractivity contribution in [1.29, 1.82) is 0 Å². The summed E-state index contributed by atoms with van der Waals surface area (Å²) in [7, 11) is 1.63. The second-order valence-electron chi connectivity index (χ2n) is 6.07. The summed E-state index contributed by atoms with van der Waals surface area (Å²) in [4.78, 5) is 18.0. The molecule has 1 aliphatic rings. The fourth-order valence-electron chi connectivity index (χ4n) is 2.30. The normalized spacial score (nSPS) is 19.0. The molecular formula is C15H22N2O3. The quantitative estimate of drug-likeness (QED) is 0.834. The Hall–Kier alpha value is -1.78. The fourth-order valence-corrected chi connectivity index (χ4v) is 2.30. The fraction of sp³-hybridized carbons (Fsp3) is 0.600. The maximum Gasteiger partial charge on any atom is 0.410 e. The van der Waals surface area contributed by atoms with Crippen molar-refractivity contribution in [3.8, 4) is 5.75 Å². The van der Waals surface area contributed by atoms with Gasteiger partial charge in [0.05, 0.1) is 13.3 Å². The van der Waals surface area contributed by atoms with Gasteiger partial charge in [-0.2, -0.15) is 0 Å². The molecule has 1 aromatic rings. The Morgan fingerprint density at radius 1 is 1.40 bits per heavy atom. The number of aromatic nitrogens is 1. The molecule has 5 nitrogen and oxygen atoms in total. The Morgan fingerprint density at radius 2 is 2.15 bits per heavy atom. The summed E-state index contributed by atoms with van der Waals surface area (Å²) in [5.41, 5.74) is 0.655. The summed E-state index contributed by atoms with van der Waals surface area (Å²) < 4.78 is 10.6. The molecule has 0 bridgehead atoms. The number of likely N-dealkylation sites (tertiary alicyclic amines) is 1. The van der Waals surface area contributed by atoms with Crippen molar-refractivity contribution in [3.63, 3.8) is 0 Å². The van der Waals surface area contributed by atoms with Gasteiger partial charge in [0, 0.05) is 25.2 Å². The highest BCUT2D eigenvalue weighted by Gasteiger charge is 2.30. The number of carbonyl (C=O) groups excluding carboxylic acids is 1. The molecule has 20 heavy (non-hydrogen) atoms. The largest absolute Gasteiger partial charge is 0.495 e. The van der Waals surface area contributed by atoms with Crippen LogP contribution in [0.5, 0.6) is 5.75 Å². The van der Waals surface area contributed by atoms with E-state index in [1.165, 1.54) is 0 Å². The second-order valence-corrected chi connectivity index (χ2v) is 6.07. The molecule has 1 saturated heterocycles. The predicted octanol–water partition coefficient (Wildman–Crippen LogP) is 2.81. The van der Waals surface area contributed by atoms with Gasteiger partial charge in [0.25, 0.3) is 0 Å². The van der Waals surface area contributed by atoms with Crippen LogP contribution in [0.25, 0.3) is 0 Å². The molecule has 0 saturated carbocycles. The van der Waals surface area contributed by atoms with E-state index in [4.69, 9.17) is 9.47 Å². The van der Waals surface area contributed by atoms with E-state index in [1.54, 1.807) is 18.2 Å². The molecule has 5 heteroatoms. The van der Waals surface area contributed by atoms with Crippen molar-refractivity contribution in [1.82, 2.24) is 9.88 Å². The average molecular weight is 278 g/mol. The third-order valence-corrected chi connectivity index (χ3v) is 3.28. The number of rotatable bonds is 2. The van der Waals surface area contributed by atoms with Crippen molar-refractivity contribution in [3.05, 3.63) is 24.0 Å². The molecule has 0 spiro atoms. The van der Waals surface area contributed by atoms with Crippen molar-refractivity contribution >= 4 is 6.09 Å². The number of nitrogens with zero attached hydrogens (tertiary/aromatic N) is 2. The Bertz CT molecular complexity index is 482. The molecule has 0 aliphatic carbocycles. The summed E-state index contributed by atoms with van der Waals surface area (Å²) in [6, 6.07) is 1.98. The minimum absolute atomic E-state index is 0.240. The number of hydrogen-bond donors (Lipinski definition) is 0. The minimum Gasteiger partial charge on any atom is -0.495 e. The van der Waals surface area contributed by atoms with Crippen LogP contribution in [0.4, 0.5) is 4.79 Å². The Balaban J connectivity index is 1.99. The van der Waals surface area contributed by atoms with Crippen molar-refractivity contribution in [2.45, 2.75) is 38.7 Å². The third kappa shape index (κ3) is 3.62. The summed E-state index contributed by atoms with van der Waals surface area (Å²) in [5, 5.41) is 0. The highest BCUT2D eigenvalue weighted by atomic mass is 16.6. The predicted molar refractivity (Wildman–Crippen MR) is 76.0 cm³/mol. The van der Waals surface area contributed by atoms with Crippen LogP contribution in [0, 0.1) is 0 Å². The van der Waals surface area contributed by atoms with Crippen LogP contribution in [0.1, 0.15) is 38.7 Å². The van der Waals surface area contributed by atoms with E-state index in [-0.39, 0.29) is 6.09 Å². The molecule has 1 fully saturated rings. The maximum absolute atomic E-state index is 12.0. The van der Waals surface area contributed by atoms with Crippen LogP contribution in [-0.2, 0) is 4.74 Å². The molecule has 1 aromatic heterocycles.